The molecule has 0 radical (unpaired) electrons. The molecule has 0 N–H and O–H groups in total. The summed E-state index contributed by atoms with van der Waals surface area (Å²) < 4.78 is 31.9. The maximum Gasteiger partial charge on any atom is 0.343 e. The summed E-state index contributed by atoms with van der Waals surface area (Å²) in [5, 5.41) is 0. The normalized spacial score (nSPS) is 9.84. The zero-order valence-corrected chi connectivity index (χ0v) is 25.7. The first kappa shape index (κ1) is 35.8. The maximum absolute atomic E-state index is 12.6. The Morgan fingerprint density at radius 2 is 1.02 bits per heavy atom. The smallest absolute Gasteiger partial charge is 0.343 e. The van der Waals surface area contributed by atoms with Crippen LogP contribution in [0.5, 0.6) is 23.0 Å². The number of rotatable bonds is 16. The summed E-state index contributed by atoms with van der Waals surface area (Å²) in [6.07, 6.45) is 3.21. The van der Waals surface area contributed by atoms with Crippen molar-refractivity contribution in [3.63, 3.8) is 0 Å². The van der Waals surface area contributed by atoms with Gasteiger partial charge in [-0.15, -0.1) is 0 Å². The lowest BCUT2D eigenvalue weighted by atomic mass is 10.2. The quantitative estimate of drug-likeness (QED) is 0.0765. The first-order valence-corrected chi connectivity index (χ1v) is 14.4. The van der Waals surface area contributed by atoms with Crippen molar-refractivity contribution in [2.45, 2.75) is 33.6 Å². The fraction of sp³-hybridized carbons (Fsp3) is 0.257. The number of hydrogen-bond acceptors (Lipinski definition) is 10. The van der Waals surface area contributed by atoms with E-state index in [1.54, 1.807) is 67.6 Å². The summed E-state index contributed by atoms with van der Waals surface area (Å²) in [7, 11) is 0. The van der Waals surface area contributed by atoms with Crippen LogP contribution in [-0.2, 0) is 19.1 Å². The third-order valence-electron chi connectivity index (χ3n) is 5.68. The topological polar surface area (TPSA) is 124 Å². The number of esters is 4. The Morgan fingerprint density at radius 3 is 1.44 bits per heavy atom. The highest BCUT2D eigenvalue weighted by Gasteiger charge is 2.14. The van der Waals surface area contributed by atoms with Crippen molar-refractivity contribution in [3.8, 4) is 23.0 Å². The van der Waals surface area contributed by atoms with Crippen LogP contribution in [0.1, 0.15) is 53.0 Å². The molecule has 238 valence electrons. The van der Waals surface area contributed by atoms with Crippen LogP contribution >= 0.6 is 0 Å². The van der Waals surface area contributed by atoms with Gasteiger partial charge in [0.25, 0.3) is 0 Å². The van der Waals surface area contributed by atoms with E-state index in [4.69, 9.17) is 28.4 Å². The van der Waals surface area contributed by atoms with Gasteiger partial charge in [0.15, 0.2) is 0 Å². The molecule has 0 heterocycles. The zero-order chi connectivity index (χ0) is 33.0. The molecule has 0 amide bonds. The predicted molar refractivity (Wildman–Crippen MR) is 168 cm³/mol. The molecule has 0 aromatic heterocycles. The van der Waals surface area contributed by atoms with E-state index in [-0.39, 0.29) is 19.0 Å². The summed E-state index contributed by atoms with van der Waals surface area (Å²) in [6, 6.07) is 17.6. The molecule has 0 aliphatic rings. The number of benzene rings is 3. The van der Waals surface area contributed by atoms with Gasteiger partial charge in [0, 0.05) is 25.0 Å². The van der Waals surface area contributed by atoms with Gasteiger partial charge in [-0.2, -0.15) is 0 Å². The Morgan fingerprint density at radius 1 is 0.600 bits per heavy atom. The van der Waals surface area contributed by atoms with Crippen molar-refractivity contribution in [1.82, 2.24) is 0 Å². The van der Waals surface area contributed by atoms with Crippen LogP contribution in [0.25, 0.3) is 0 Å². The van der Waals surface area contributed by atoms with E-state index in [1.165, 1.54) is 6.07 Å². The van der Waals surface area contributed by atoms with Crippen LogP contribution in [0.2, 0.25) is 0 Å². The summed E-state index contributed by atoms with van der Waals surface area (Å²) >= 11 is 0. The second kappa shape index (κ2) is 19.7. The van der Waals surface area contributed by atoms with E-state index < -0.39 is 23.9 Å². The number of ether oxygens (including phenoxy) is 6. The van der Waals surface area contributed by atoms with E-state index >= 15 is 0 Å². The second-order valence-corrected chi connectivity index (χ2v) is 8.90. The van der Waals surface area contributed by atoms with Crippen molar-refractivity contribution < 1.29 is 47.6 Å². The number of carbonyl (C=O) groups is 4. The molecule has 0 bridgehead atoms. The highest BCUT2D eigenvalue weighted by Crippen LogP contribution is 2.26. The highest BCUT2D eigenvalue weighted by atomic mass is 16.5. The molecule has 0 saturated carbocycles. The average molecular weight is 619 g/mol. The van der Waals surface area contributed by atoms with Gasteiger partial charge in [-0.3, -0.25) is 0 Å². The zero-order valence-electron chi connectivity index (χ0n) is 25.7. The van der Waals surface area contributed by atoms with Crippen LogP contribution in [0.15, 0.2) is 92.0 Å². The van der Waals surface area contributed by atoms with Crippen molar-refractivity contribution in [1.29, 1.82) is 0 Å². The lowest BCUT2D eigenvalue weighted by Crippen LogP contribution is -2.11. The van der Waals surface area contributed by atoms with Gasteiger partial charge in [0.1, 0.15) is 23.0 Å². The van der Waals surface area contributed by atoms with Gasteiger partial charge in [0.2, 0.25) is 0 Å². The average Bonchev–Trinajstić information content (AvgIpc) is 3.06. The van der Waals surface area contributed by atoms with Crippen LogP contribution < -0.4 is 18.9 Å². The van der Waals surface area contributed by atoms with Crippen LogP contribution in [0, 0.1) is 6.92 Å². The molecule has 0 unspecified atom stereocenters. The number of carbonyl (C=O) groups excluding carboxylic acids is 4. The minimum absolute atomic E-state index is 0.218. The molecule has 0 aliphatic heterocycles. The Bertz CT molecular complexity index is 1430. The fourth-order valence-corrected chi connectivity index (χ4v) is 3.46. The van der Waals surface area contributed by atoms with Crippen molar-refractivity contribution in [2.75, 3.05) is 26.4 Å². The fourth-order valence-electron chi connectivity index (χ4n) is 3.46. The van der Waals surface area contributed by atoms with Crippen molar-refractivity contribution in [3.05, 3.63) is 109 Å². The Hall–Kier alpha value is -5.38. The Labute approximate surface area is 263 Å². The van der Waals surface area contributed by atoms with Crippen molar-refractivity contribution >= 4 is 23.9 Å². The number of aryl methyl sites for hydroxylation is 1. The third kappa shape index (κ3) is 12.8. The lowest BCUT2D eigenvalue weighted by molar-refractivity contribution is -0.138. The van der Waals surface area contributed by atoms with E-state index in [1.807, 2.05) is 13.8 Å². The Balaban J connectivity index is 0.00000345. The first-order chi connectivity index (χ1) is 21.8. The molecule has 0 saturated heterocycles. The minimum atomic E-state index is -0.563. The first-order valence-electron chi connectivity index (χ1n) is 14.4. The van der Waals surface area contributed by atoms with Crippen LogP contribution in [0.4, 0.5) is 0 Å². The third-order valence-corrected chi connectivity index (χ3v) is 5.68. The highest BCUT2D eigenvalue weighted by molar-refractivity contribution is 5.92. The number of hydrogen-bond donors (Lipinski definition) is 0. The minimum Gasteiger partial charge on any atom is -0.493 e. The second-order valence-electron chi connectivity index (χ2n) is 8.90. The molecule has 0 spiro atoms. The molecule has 0 fully saturated rings. The summed E-state index contributed by atoms with van der Waals surface area (Å²) in [6.45, 7) is 13.5. The summed E-state index contributed by atoms with van der Waals surface area (Å²) in [5.74, 6) is -0.371. The molecule has 10 nitrogen and oxygen atoms in total. The molecular weight excluding hydrogens is 580 g/mol. The van der Waals surface area contributed by atoms with E-state index in [2.05, 4.69) is 13.2 Å². The largest absolute Gasteiger partial charge is 0.493 e. The van der Waals surface area contributed by atoms with Gasteiger partial charge in [-0.05, 0) is 79.2 Å². The summed E-state index contributed by atoms with van der Waals surface area (Å²) in [5.41, 5.74) is 1.24. The van der Waals surface area contributed by atoms with Crippen LogP contribution in [0.3, 0.4) is 0 Å². The SMILES string of the molecule is C=CC(=O)OCCCOc1ccc(C(=O)Oc2ccc(OC(=O)c3ccc(OCCCOC(=O)C=C)cc3)c(C)c2)cc1.CC. The van der Waals surface area contributed by atoms with Gasteiger partial charge >= 0.3 is 23.9 Å². The molecule has 0 atom stereocenters. The molecular formula is C35H38O10. The van der Waals surface area contributed by atoms with Crippen LogP contribution in [-0.4, -0.2) is 50.3 Å². The molecule has 3 aromatic rings. The Kier molecular flexibility index (Phi) is 15.7. The summed E-state index contributed by atoms with van der Waals surface area (Å²) in [4.78, 5) is 47.3. The molecule has 45 heavy (non-hydrogen) atoms. The lowest BCUT2D eigenvalue weighted by Gasteiger charge is -2.11. The monoisotopic (exact) mass is 618 g/mol. The maximum atomic E-state index is 12.6. The molecule has 10 heteroatoms. The molecule has 0 aliphatic carbocycles. The standard InChI is InChI=1S/C33H32O10.C2H6/c1-4-30(34)40-20-6-18-38-26-12-8-24(9-13-26)32(36)42-28-16-17-29(23(3)22-28)43-33(37)25-10-14-27(15-11-25)39-19-7-21-41-31(35)5-2;1-2/h4-5,8-17,22H,1-2,6-7,18-21H2,3H3;1-2H3. The van der Waals surface area contributed by atoms with Gasteiger partial charge in [-0.25, -0.2) is 19.2 Å². The van der Waals surface area contributed by atoms with E-state index in [9.17, 15) is 19.2 Å². The van der Waals surface area contributed by atoms with Crippen molar-refractivity contribution in [2.24, 2.45) is 0 Å². The van der Waals surface area contributed by atoms with Gasteiger partial charge < -0.3 is 28.4 Å². The van der Waals surface area contributed by atoms with Gasteiger partial charge in [0.05, 0.1) is 37.6 Å². The van der Waals surface area contributed by atoms with Gasteiger partial charge in [-0.1, -0.05) is 27.0 Å². The van der Waals surface area contributed by atoms with E-state index in [0.29, 0.717) is 60.0 Å². The van der Waals surface area contributed by atoms with E-state index in [0.717, 1.165) is 12.2 Å². The molecule has 3 rings (SSSR count). The molecule has 3 aromatic carbocycles. The predicted octanol–water partition coefficient (Wildman–Crippen LogP) is 6.46.